The van der Waals surface area contributed by atoms with Crippen molar-refractivity contribution in [2.45, 2.75) is 45.2 Å². The Kier molecular flexibility index (Phi) is 5.86. The first-order valence-corrected chi connectivity index (χ1v) is 8.23. The van der Waals surface area contributed by atoms with Crippen LogP contribution in [0.2, 0.25) is 0 Å². The maximum atomic E-state index is 3.69. The maximum Gasteiger partial charge on any atom is 0.0331 e. The van der Waals surface area contributed by atoms with E-state index in [4.69, 9.17) is 0 Å². The van der Waals surface area contributed by atoms with Crippen LogP contribution in [0.1, 0.15) is 44.7 Å². The first-order valence-electron chi connectivity index (χ1n) is 7.44. The number of nitrogens with one attached hydrogen (secondary N) is 1. The first kappa shape index (κ1) is 15.0. The van der Waals surface area contributed by atoms with Crippen LogP contribution in [0.25, 0.3) is 0 Å². The van der Waals surface area contributed by atoms with E-state index < -0.39 is 0 Å². The summed E-state index contributed by atoms with van der Waals surface area (Å²) in [6.45, 7) is 8.11. The van der Waals surface area contributed by atoms with Gasteiger partial charge in [-0.05, 0) is 50.9 Å². The van der Waals surface area contributed by atoms with E-state index in [1.807, 2.05) is 0 Å². The van der Waals surface area contributed by atoms with Crippen molar-refractivity contribution < 1.29 is 0 Å². The van der Waals surface area contributed by atoms with Gasteiger partial charge in [0, 0.05) is 23.1 Å². The zero-order chi connectivity index (χ0) is 13.7. The Balaban J connectivity index is 2.06. The second-order valence-corrected chi connectivity index (χ2v) is 6.34. The molecule has 0 radical (unpaired) electrons. The van der Waals surface area contributed by atoms with Crippen molar-refractivity contribution in [3.8, 4) is 0 Å². The number of halogens is 1. The van der Waals surface area contributed by atoms with Crippen molar-refractivity contribution in [3.63, 3.8) is 0 Å². The van der Waals surface area contributed by atoms with Crippen LogP contribution in [0.15, 0.2) is 28.7 Å². The molecule has 106 valence electrons. The molecule has 1 fully saturated rings. The topological polar surface area (TPSA) is 15.3 Å². The number of benzene rings is 1. The summed E-state index contributed by atoms with van der Waals surface area (Å²) in [6, 6.07) is 9.75. The third kappa shape index (κ3) is 4.04. The highest BCUT2D eigenvalue weighted by Crippen LogP contribution is 2.28. The van der Waals surface area contributed by atoms with Crippen molar-refractivity contribution in [2.75, 3.05) is 19.6 Å². The predicted octanol–water partition coefficient (Wildman–Crippen LogP) is 3.97. The molecule has 2 nitrogen and oxygen atoms in total. The van der Waals surface area contributed by atoms with Crippen LogP contribution in [-0.4, -0.2) is 30.6 Å². The summed E-state index contributed by atoms with van der Waals surface area (Å²) in [5, 5.41) is 3.61. The van der Waals surface area contributed by atoms with Crippen LogP contribution < -0.4 is 5.32 Å². The molecule has 1 aromatic rings. The molecule has 1 heterocycles. The first-order chi connectivity index (χ1) is 9.22. The molecule has 1 aliphatic heterocycles. The van der Waals surface area contributed by atoms with E-state index in [2.05, 4.69) is 64.3 Å². The van der Waals surface area contributed by atoms with Gasteiger partial charge in [0.2, 0.25) is 0 Å². The second kappa shape index (κ2) is 7.41. The summed E-state index contributed by atoms with van der Waals surface area (Å²) < 4.78 is 1.22. The average Bonchev–Trinajstić information content (AvgIpc) is 2.91. The molecule has 0 aliphatic carbocycles. The summed E-state index contributed by atoms with van der Waals surface area (Å²) in [4.78, 5) is 2.61. The van der Waals surface area contributed by atoms with Gasteiger partial charge in [0.05, 0.1) is 0 Å². The van der Waals surface area contributed by atoms with Gasteiger partial charge in [0.1, 0.15) is 0 Å². The van der Waals surface area contributed by atoms with Crippen LogP contribution in [0.5, 0.6) is 0 Å². The van der Waals surface area contributed by atoms with Crippen molar-refractivity contribution >= 4 is 15.9 Å². The van der Waals surface area contributed by atoms with Gasteiger partial charge < -0.3 is 5.32 Å². The minimum absolute atomic E-state index is 0.470. The van der Waals surface area contributed by atoms with Crippen LogP contribution in [0, 0.1) is 0 Å². The lowest BCUT2D eigenvalue weighted by atomic mass is 10.1. The monoisotopic (exact) mass is 324 g/mol. The summed E-state index contributed by atoms with van der Waals surface area (Å²) in [6.07, 6.45) is 3.86. The fraction of sp³-hybridized carbons (Fsp3) is 0.625. The van der Waals surface area contributed by atoms with Crippen molar-refractivity contribution in [1.82, 2.24) is 10.2 Å². The van der Waals surface area contributed by atoms with E-state index in [1.54, 1.807) is 0 Å². The number of hydrogen-bond donors (Lipinski definition) is 1. The summed E-state index contributed by atoms with van der Waals surface area (Å²) in [5.41, 5.74) is 1.40. The van der Waals surface area contributed by atoms with Gasteiger partial charge in [-0.25, -0.2) is 0 Å². The number of nitrogens with zero attached hydrogens (tertiary/aromatic N) is 1. The Hall–Kier alpha value is -0.380. The smallest absolute Gasteiger partial charge is 0.0331 e. The highest BCUT2D eigenvalue weighted by atomic mass is 79.9. The fourth-order valence-corrected chi connectivity index (χ4v) is 3.55. The normalized spacial score (nSPS) is 20.9. The highest BCUT2D eigenvalue weighted by Gasteiger charge is 2.22. The summed E-state index contributed by atoms with van der Waals surface area (Å²) in [7, 11) is 0. The van der Waals surface area contributed by atoms with Gasteiger partial charge >= 0.3 is 0 Å². The van der Waals surface area contributed by atoms with Crippen molar-refractivity contribution in [1.29, 1.82) is 0 Å². The molecule has 2 atom stereocenters. The zero-order valence-corrected chi connectivity index (χ0v) is 13.6. The molecule has 0 saturated carbocycles. The Morgan fingerprint density at radius 3 is 2.84 bits per heavy atom. The van der Waals surface area contributed by atoms with Crippen LogP contribution in [-0.2, 0) is 0 Å². The molecule has 0 bridgehead atoms. The van der Waals surface area contributed by atoms with Gasteiger partial charge in [-0.1, -0.05) is 41.1 Å². The number of rotatable bonds is 6. The molecule has 1 aromatic carbocycles. The lowest BCUT2D eigenvalue weighted by Crippen LogP contribution is -2.39. The van der Waals surface area contributed by atoms with Crippen LogP contribution >= 0.6 is 15.9 Å². The van der Waals surface area contributed by atoms with E-state index in [-0.39, 0.29) is 0 Å². The van der Waals surface area contributed by atoms with Gasteiger partial charge in [-0.2, -0.15) is 0 Å². The molecular formula is C16H25BrN2. The average molecular weight is 325 g/mol. The van der Waals surface area contributed by atoms with E-state index in [0.717, 1.165) is 6.54 Å². The van der Waals surface area contributed by atoms with E-state index in [0.29, 0.717) is 12.1 Å². The summed E-state index contributed by atoms with van der Waals surface area (Å²) in [5.74, 6) is 0. The zero-order valence-electron chi connectivity index (χ0n) is 12.0. The lowest BCUT2D eigenvalue weighted by molar-refractivity contribution is 0.192. The van der Waals surface area contributed by atoms with Gasteiger partial charge in [-0.3, -0.25) is 4.90 Å². The Labute approximate surface area is 125 Å². The van der Waals surface area contributed by atoms with Gasteiger partial charge in [0.25, 0.3) is 0 Å². The standard InChI is InChI=1S/C16H25BrN2/c1-3-11-19(12-14-7-6-10-18-14)13(2)15-8-4-5-9-16(15)17/h4-5,8-9,13-14,18H,3,6-7,10-12H2,1-2H3. The predicted molar refractivity (Wildman–Crippen MR) is 85.4 cm³/mol. The molecule has 1 aliphatic rings. The van der Waals surface area contributed by atoms with Gasteiger partial charge in [-0.15, -0.1) is 0 Å². The van der Waals surface area contributed by atoms with E-state index in [9.17, 15) is 0 Å². The van der Waals surface area contributed by atoms with Crippen LogP contribution in [0.3, 0.4) is 0 Å². The Morgan fingerprint density at radius 2 is 2.21 bits per heavy atom. The molecule has 0 aromatic heterocycles. The minimum atomic E-state index is 0.470. The summed E-state index contributed by atoms with van der Waals surface area (Å²) >= 11 is 3.69. The highest BCUT2D eigenvalue weighted by molar-refractivity contribution is 9.10. The molecule has 3 heteroatoms. The van der Waals surface area contributed by atoms with E-state index in [1.165, 1.54) is 42.4 Å². The third-order valence-electron chi connectivity index (χ3n) is 4.03. The van der Waals surface area contributed by atoms with Crippen molar-refractivity contribution in [3.05, 3.63) is 34.3 Å². The molecule has 1 saturated heterocycles. The fourth-order valence-electron chi connectivity index (χ4n) is 2.94. The van der Waals surface area contributed by atoms with E-state index >= 15 is 0 Å². The second-order valence-electron chi connectivity index (χ2n) is 5.49. The largest absolute Gasteiger partial charge is 0.313 e. The Morgan fingerprint density at radius 1 is 1.42 bits per heavy atom. The molecule has 2 rings (SSSR count). The lowest BCUT2D eigenvalue weighted by Gasteiger charge is -2.32. The van der Waals surface area contributed by atoms with Crippen molar-refractivity contribution in [2.24, 2.45) is 0 Å². The maximum absolute atomic E-state index is 3.69. The molecule has 0 amide bonds. The molecule has 2 unspecified atom stereocenters. The minimum Gasteiger partial charge on any atom is -0.313 e. The molecule has 1 N–H and O–H groups in total. The Bertz CT molecular complexity index is 388. The molecular weight excluding hydrogens is 300 g/mol. The number of hydrogen-bond acceptors (Lipinski definition) is 2. The quantitative estimate of drug-likeness (QED) is 0.851. The third-order valence-corrected chi connectivity index (χ3v) is 4.75. The van der Waals surface area contributed by atoms with Crippen LogP contribution in [0.4, 0.5) is 0 Å². The van der Waals surface area contributed by atoms with Gasteiger partial charge in [0.15, 0.2) is 0 Å². The SMILES string of the molecule is CCCN(CC1CCCN1)C(C)c1ccccc1Br. The molecule has 19 heavy (non-hydrogen) atoms. The molecule has 0 spiro atoms.